The van der Waals surface area contributed by atoms with E-state index in [0.717, 1.165) is 17.7 Å². The van der Waals surface area contributed by atoms with E-state index in [1.54, 1.807) is 32.6 Å². The summed E-state index contributed by atoms with van der Waals surface area (Å²) in [6, 6.07) is 9.39. The number of rotatable bonds is 10. The maximum absolute atomic E-state index is 13.6. The van der Waals surface area contributed by atoms with Crippen molar-refractivity contribution in [2.45, 2.75) is 122 Å². The van der Waals surface area contributed by atoms with Crippen molar-refractivity contribution in [3.05, 3.63) is 30.5 Å². The number of aryl methyl sites for hydroxylation is 1. The van der Waals surface area contributed by atoms with Crippen molar-refractivity contribution < 1.29 is 24.2 Å². The quantitative estimate of drug-likeness (QED) is 0.0636. The molecule has 0 aliphatic carbocycles. The van der Waals surface area contributed by atoms with Gasteiger partial charge in [-0.25, -0.2) is 0 Å². The number of nitrogens with one attached hydrogen (secondary N) is 1. The smallest absolute Gasteiger partial charge is 0.316 e. The Morgan fingerprint density at radius 3 is 2.59 bits per heavy atom. The zero-order valence-electron chi connectivity index (χ0n) is 30.7. The number of anilines is 1. The minimum absolute atomic E-state index is 0.0948. The highest BCUT2D eigenvalue weighted by Gasteiger charge is 2.48. The number of esters is 1. The summed E-state index contributed by atoms with van der Waals surface area (Å²) < 4.78 is 13.7. The second-order valence-corrected chi connectivity index (χ2v) is 14.4. The minimum Gasteiger partial charge on any atom is -0.459 e. The average Bonchev–Trinajstić information content (AvgIpc) is 3.55. The number of nitrogen functional groups attached to an aromatic ring is 1. The van der Waals surface area contributed by atoms with E-state index in [2.05, 4.69) is 28.6 Å². The van der Waals surface area contributed by atoms with Crippen LogP contribution < -0.4 is 11.1 Å². The predicted molar refractivity (Wildman–Crippen MR) is 193 cm³/mol. The monoisotopic (exact) mass is 676 g/mol. The summed E-state index contributed by atoms with van der Waals surface area (Å²) >= 11 is 0. The van der Waals surface area contributed by atoms with Gasteiger partial charge in [-0.3, -0.25) is 14.3 Å². The first-order chi connectivity index (χ1) is 23.1. The summed E-state index contributed by atoms with van der Waals surface area (Å²) in [4.78, 5) is 28.9. The van der Waals surface area contributed by atoms with E-state index in [-0.39, 0.29) is 17.7 Å². The standard InChI is InChI=1S/C37H57BN6O5/c1-10-15-31-37(8,47)34(43(11-2)18-12-13-19-44-23-30(41-42-44)28-16-14-17-29(39)20-28)27(6)40-22-24(3)21-36(7,48-9)33(38)25(4)32(45)26(5)35(46)49-31/h2,14,16-17,20,23-27,31,33-34,40,47H,10,12-13,15,18-19,21-22,39H2,1,3-9H3/t24-,25+,26-,27-,31-,33-,34-,36-,37-/m1/s1. The van der Waals surface area contributed by atoms with Crippen LogP contribution in [0.4, 0.5) is 5.69 Å². The number of aliphatic hydroxyl groups is 1. The van der Waals surface area contributed by atoms with Gasteiger partial charge < -0.3 is 30.5 Å². The van der Waals surface area contributed by atoms with Gasteiger partial charge in [0.15, 0.2) is 0 Å². The fourth-order valence-electron chi connectivity index (χ4n) is 7.17. The van der Waals surface area contributed by atoms with Crippen molar-refractivity contribution in [1.29, 1.82) is 0 Å². The minimum atomic E-state index is -1.57. The molecule has 1 aromatic carbocycles. The molecule has 0 bridgehead atoms. The number of hydrogen-bond donors (Lipinski definition) is 3. The third kappa shape index (κ3) is 9.86. The molecule has 3 rings (SSSR count). The number of ether oxygens (including phenoxy) is 2. The molecule has 2 heterocycles. The molecule has 1 fully saturated rings. The van der Waals surface area contributed by atoms with Crippen LogP contribution in [0.3, 0.4) is 0 Å². The number of ketones is 1. The first kappa shape index (κ1) is 40.0. The van der Waals surface area contributed by atoms with Crippen LogP contribution in [0.15, 0.2) is 30.5 Å². The Balaban J connectivity index is 1.86. The maximum atomic E-state index is 13.6. The molecule has 268 valence electrons. The van der Waals surface area contributed by atoms with Crippen molar-refractivity contribution in [2.75, 3.05) is 25.9 Å². The summed E-state index contributed by atoms with van der Waals surface area (Å²) in [6.45, 7) is 14.6. The molecule has 49 heavy (non-hydrogen) atoms. The Bertz CT molecular complexity index is 1430. The molecule has 1 aliphatic rings. The number of terminal acetylenes is 1. The normalized spacial score (nSPS) is 32.0. The molecule has 0 unspecified atom stereocenters. The van der Waals surface area contributed by atoms with E-state index in [1.165, 1.54) is 0 Å². The molecule has 12 heteroatoms. The molecule has 1 aliphatic heterocycles. The van der Waals surface area contributed by atoms with Crippen LogP contribution in [0, 0.1) is 30.2 Å². The number of aromatic nitrogens is 3. The van der Waals surface area contributed by atoms with E-state index in [4.69, 9.17) is 29.5 Å². The third-order valence-electron chi connectivity index (χ3n) is 10.3. The van der Waals surface area contributed by atoms with E-state index >= 15 is 0 Å². The Hall–Kier alpha value is -3.40. The molecule has 1 aromatic heterocycles. The summed E-state index contributed by atoms with van der Waals surface area (Å²) in [7, 11) is 8.26. The highest BCUT2D eigenvalue weighted by Crippen LogP contribution is 2.38. The van der Waals surface area contributed by atoms with Crippen LogP contribution in [0.2, 0.25) is 5.82 Å². The first-order valence-electron chi connectivity index (χ1n) is 17.6. The number of Topliss-reactive ketones (excluding diaryl/α,β-unsaturated/α-hetero) is 1. The molecule has 1 saturated heterocycles. The van der Waals surface area contributed by atoms with Crippen LogP contribution >= 0.6 is 0 Å². The maximum Gasteiger partial charge on any atom is 0.316 e. The number of hydrogen-bond acceptors (Lipinski definition) is 10. The van der Waals surface area contributed by atoms with Gasteiger partial charge in [-0.2, -0.15) is 0 Å². The molecular weight excluding hydrogens is 619 g/mol. The number of nitrogens with zero attached hydrogens (tertiary/aromatic N) is 4. The largest absolute Gasteiger partial charge is 0.459 e. The van der Waals surface area contributed by atoms with Gasteiger partial charge in [-0.05, 0) is 83.8 Å². The second kappa shape index (κ2) is 17.5. The van der Waals surface area contributed by atoms with Crippen molar-refractivity contribution in [3.63, 3.8) is 0 Å². The SMILES string of the molecule is [B][C@@H]1[C@@H](C)C(=O)[C@@H](C)C(=O)O[C@H](CCC)[C@@](C)(O)[C@H](N(C#C)CCCCn2cc(-c3cccc(N)c3)nn2)[C@@H](C)NC[C@H](C)C[C@@]1(C)OC. The van der Waals surface area contributed by atoms with Crippen molar-refractivity contribution in [1.82, 2.24) is 25.2 Å². The molecule has 2 radical (unpaired) electrons. The average molecular weight is 677 g/mol. The molecule has 4 N–H and O–H groups in total. The fraction of sp³-hybridized carbons (Fsp3) is 0.676. The zero-order valence-corrected chi connectivity index (χ0v) is 30.7. The van der Waals surface area contributed by atoms with Gasteiger partial charge in [0.1, 0.15) is 29.1 Å². The number of methoxy groups -OCH3 is 1. The summed E-state index contributed by atoms with van der Waals surface area (Å²) in [5, 5.41) is 24.5. The van der Waals surface area contributed by atoms with Crippen LogP contribution in [0.1, 0.15) is 80.6 Å². The lowest BCUT2D eigenvalue weighted by molar-refractivity contribution is -0.178. The molecule has 0 spiro atoms. The van der Waals surface area contributed by atoms with E-state index in [9.17, 15) is 14.7 Å². The Labute approximate surface area is 294 Å². The van der Waals surface area contributed by atoms with Gasteiger partial charge in [0.25, 0.3) is 0 Å². The number of carbonyl (C=O) groups is 2. The molecule has 11 nitrogen and oxygen atoms in total. The van der Waals surface area contributed by atoms with E-state index < -0.39 is 47.0 Å². The molecule has 0 amide bonds. The van der Waals surface area contributed by atoms with Crippen molar-refractivity contribution in [2.24, 2.45) is 17.8 Å². The van der Waals surface area contributed by atoms with Gasteiger partial charge in [0.2, 0.25) is 0 Å². The highest BCUT2D eigenvalue weighted by molar-refractivity contribution is 6.15. The first-order valence-corrected chi connectivity index (χ1v) is 17.6. The molecular formula is C37H57BN6O5. The van der Waals surface area contributed by atoms with Gasteiger partial charge in [0, 0.05) is 49.5 Å². The summed E-state index contributed by atoms with van der Waals surface area (Å²) in [6.07, 6.45) is 10.2. The zero-order chi connectivity index (χ0) is 36.5. The highest BCUT2D eigenvalue weighted by atomic mass is 16.6. The van der Waals surface area contributed by atoms with Crippen LogP contribution in [-0.2, 0) is 25.6 Å². The van der Waals surface area contributed by atoms with Crippen molar-refractivity contribution >= 4 is 25.3 Å². The van der Waals surface area contributed by atoms with Gasteiger partial charge >= 0.3 is 5.97 Å². The second-order valence-electron chi connectivity index (χ2n) is 14.4. The Morgan fingerprint density at radius 1 is 1.24 bits per heavy atom. The van der Waals surface area contributed by atoms with E-state index in [1.807, 2.05) is 56.1 Å². The van der Waals surface area contributed by atoms with Crippen molar-refractivity contribution in [3.8, 4) is 23.7 Å². The lowest BCUT2D eigenvalue weighted by Crippen LogP contribution is -2.64. The lowest BCUT2D eigenvalue weighted by Gasteiger charge is -2.46. The molecule has 2 aromatic rings. The van der Waals surface area contributed by atoms with Crippen LogP contribution in [-0.4, -0.2) is 94.2 Å². The predicted octanol–water partition coefficient (Wildman–Crippen LogP) is 4.25. The molecule has 0 saturated carbocycles. The van der Waals surface area contributed by atoms with Gasteiger partial charge in [-0.15, -0.1) is 5.10 Å². The van der Waals surface area contributed by atoms with Gasteiger partial charge in [-0.1, -0.05) is 51.0 Å². The van der Waals surface area contributed by atoms with Crippen LogP contribution in [0.25, 0.3) is 11.3 Å². The third-order valence-corrected chi connectivity index (χ3v) is 10.3. The number of nitrogens with two attached hydrogens (primary N) is 1. The van der Waals surface area contributed by atoms with Crippen LogP contribution in [0.5, 0.6) is 0 Å². The number of unbranched alkanes of at least 4 members (excludes halogenated alkanes) is 1. The summed E-state index contributed by atoms with van der Waals surface area (Å²) in [5.41, 5.74) is 5.85. The topological polar surface area (TPSA) is 145 Å². The summed E-state index contributed by atoms with van der Waals surface area (Å²) in [5.74, 6) is -3.30. The Kier molecular flexibility index (Phi) is 14.3. The van der Waals surface area contributed by atoms with E-state index in [0.29, 0.717) is 51.0 Å². The number of carbonyl (C=O) groups excluding carboxylic acids is 2. The number of cyclic esters (lactones) is 1. The number of benzene rings is 1. The molecule has 9 atom stereocenters. The fourth-order valence-corrected chi connectivity index (χ4v) is 7.17. The lowest BCUT2D eigenvalue weighted by atomic mass is 9.62. The Morgan fingerprint density at radius 2 is 1.96 bits per heavy atom. The van der Waals surface area contributed by atoms with Gasteiger partial charge in [0.05, 0.1) is 25.7 Å².